The quantitative estimate of drug-likeness (QED) is 0.483. The summed E-state index contributed by atoms with van der Waals surface area (Å²) in [7, 11) is 0. The SMILES string of the molecule is CCC(=O)Oc1ccc2c(c1)CC[C@@H]2N1C(=O)C=CC1=O. The predicted octanol–water partition coefficient (Wildman–Crippen LogP) is 1.91. The van der Waals surface area contributed by atoms with Gasteiger partial charge in [-0.2, -0.15) is 0 Å². The summed E-state index contributed by atoms with van der Waals surface area (Å²) in [5, 5.41) is 0. The van der Waals surface area contributed by atoms with Crippen LogP contribution in [0.4, 0.5) is 0 Å². The monoisotopic (exact) mass is 285 g/mol. The van der Waals surface area contributed by atoms with Gasteiger partial charge in [-0.3, -0.25) is 19.3 Å². The zero-order valence-electron chi connectivity index (χ0n) is 11.7. The number of carbonyl (C=O) groups is 3. The van der Waals surface area contributed by atoms with Crippen LogP contribution < -0.4 is 4.74 Å². The Balaban J connectivity index is 1.85. The molecule has 2 amide bonds. The maximum Gasteiger partial charge on any atom is 0.310 e. The number of esters is 1. The van der Waals surface area contributed by atoms with Gasteiger partial charge in [-0.25, -0.2) is 0 Å². The Morgan fingerprint density at radius 2 is 2.00 bits per heavy atom. The van der Waals surface area contributed by atoms with Crippen LogP contribution in [0.25, 0.3) is 0 Å². The topological polar surface area (TPSA) is 63.7 Å². The van der Waals surface area contributed by atoms with Crippen LogP contribution in [-0.2, 0) is 20.8 Å². The van der Waals surface area contributed by atoms with Gasteiger partial charge < -0.3 is 4.74 Å². The van der Waals surface area contributed by atoms with Crippen LogP contribution in [0.2, 0.25) is 0 Å². The molecule has 1 aliphatic carbocycles. The van der Waals surface area contributed by atoms with Gasteiger partial charge in [0.05, 0.1) is 6.04 Å². The van der Waals surface area contributed by atoms with Crippen LogP contribution in [0.3, 0.4) is 0 Å². The van der Waals surface area contributed by atoms with Crippen LogP contribution in [-0.4, -0.2) is 22.7 Å². The molecule has 2 aliphatic rings. The van der Waals surface area contributed by atoms with E-state index in [1.54, 1.807) is 13.0 Å². The number of rotatable bonds is 3. The Hall–Kier alpha value is -2.43. The van der Waals surface area contributed by atoms with E-state index in [1.165, 1.54) is 17.1 Å². The second kappa shape index (κ2) is 5.16. The highest BCUT2D eigenvalue weighted by molar-refractivity contribution is 6.13. The summed E-state index contributed by atoms with van der Waals surface area (Å²) < 4.78 is 5.19. The van der Waals surface area contributed by atoms with Gasteiger partial charge in [-0.1, -0.05) is 13.0 Å². The molecule has 5 heteroatoms. The number of imide groups is 1. The van der Waals surface area contributed by atoms with Crippen LogP contribution in [0, 0.1) is 0 Å². The summed E-state index contributed by atoms with van der Waals surface area (Å²) in [5.41, 5.74) is 1.98. The molecule has 0 spiro atoms. The number of ether oxygens (including phenoxy) is 1. The lowest BCUT2D eigenvalue weighted by molar-refractivity contribution is -0.139. The minimum Gasteiger partial charge on any atom is -0.427 e. The van der Waals surface area contributed by atoms with Gasteiger partial charge in [0.2, 0.25) is 0 Å². The van der Waals surface area contributed by atoms with E-state index in [0.29, 0.717) is 18.6 Å². The first-order valence-corrected chi connectivity index (χ1v) is 6.99. The lowest BCUT2D eigenvalue weighted by atomic mass is 10.1. The highest BCUT2D eigenvalue weighted by atomic mass is 16.5. The van der Waals surface area contributed by atoms with E-state index in [4.69, 9.17) is 4.74 Å². The van der Waals surface area contributed by atoms with E-state index in [1.807, 2.05) is 12.1 Å². The average Bonchev–Trinajstić information content (AvgIpc) is 3.02. The van der Waals surface area contributed by atoms with Gasteiger partial charge >= 0.3 is 5.97 Å². The lowest BCUT2D eigenvalue weighted by Crippen LogP contribution is -2.33. The van der Waals surface area contributed by atoms with Crippen LogP contribution in [0.15, 0.2) is 30.4 Å². The Labute approximate surface area is 122 Å². The maximum atomic E-state index is 11.8. The second-order valence-corrected chi connectivity index (χ2v) is 5.12. The van der Waals surface area contributed by atoms with Crippen molar-refractivity contribution in [1.82, 2.24) is 4.90 Å². The number of benzene rings is 1. The largest absolute Gasteiger partial charge is 0.427 e. The molecule has 0 radical (unpaired) electrons. The molecule has 1 aromatic rings. The molecule has 1 aliphatic heterocycles. The van der Waals surface area contributed by atoms with Crippen molar-refractivity contribution < 1.29 is 19.1 Å². The molecule has 0 fully saturated rings. The molecule has 1 aromatic carbocycles. The zero-order valence-corrected chi connectivity index (χ0v) is 11.7. The molecule has 3 rings (SSSR count). The summed E-state index contributed by atoms with van der Waals surface area (Å²) >= 11 is 0. The number of amides is 2. The van der Waals surface area contributed by atoms with Gasteiger partial charge in [0.1, 0.15) is 5.75 Å². The van der Waals surface area contributed by atoms with Crippen molar-refractivity contribution in [2.75, 3.05) is 0 Å². The Morgan fingerprint density at radius 3 is 2.67 bits per heavy atom. The number of hydrogen-bond acceptors (Lipinski definition) is 4. The van der Waals surface area contributed by atoms with Gasteiger partial charge in [0.25, 0.3) is 11.8 Å². The standard InChI is InChI=1S/C16H15NO4/c1-2-16(20)21-11-4-5-12-10(9-11)3-6-13(12)17-14(18)7-8-15(17)19/h4-5,7-9,13H,2-3,6H2,1H3/t13-/m0/s1. The van der Waals surface area contributed by atoms with Crippen molar-refractivity contribution in [1.29, 1.82) is 0 Å². The third-order valence-corrected chi connectivity index (χ3v) is 3.84. The van der Waals surface area contributed by atoms with E-state index >= 15 is 0 Å². The van der Waals surface area contributed by atoms with Gasteiger partial charge in [0.15, 0.2) is 0 Å². The van der Waals surface area contributed by atoms with E-state index in [9.17, 15) is 14.4 Å². The number of aryl methyl sites for hydroxylation is 1. The third-order valence-electron chi connectivity index (χ3n) is 3.84. The molecule has 21 heavy (non-hydrogen) atoms. The van der Waals surface area contributed by atoms with Gasteiger partial charge in [-0.15, -0.1) is 0 Å². The molecule has 0 unspecified atom stereocenters. The normalized spacial score (nSPS) is 20.0. The zero-order chi connectivity index (χ0) is 15.0. The Bertz CT molecular complexity index is 644. The maximum absolute atomic E-state index is 11.8. The molecule has 5 nitrogen and oxygen atoms in total. The first-order valence-electron chi connectivity index (χ1n) is 6.99. The van der Waals surface area contributed by atoms with Crippen molar-refractivity contribution in [2.45, 2.75) is 32.2 Å². The van der Waals surface area contributed by atoms with Crippen molar-refractivity contribution in [3.05, 3.63) is 41.5 Å². The summed E-state index contributed by atoms with van der Waals surface area (Å²) in [5.74, 6) is -0.296. The molecule has 108 valence electrons. The van der Waals surface area contributed by atoms with E-state index in [2.05, 4.69) is 0 Å². The number of nitrogens with zero attached hydrogens (tertiary/aromatic N) is 1. The van der Waals surface area contributed by atoms with Crippen molar-refractivity contribution in [2.24, 2.45) is 0 Å². The second-order valence-electron chi connectivity index (χ2n) is 5.12. The van der Waals surface area contributed by atoms with Crippen molar-refractivity contribution >= 4 is 17.8 Å². The summed E-state index contributed by atoms with van der Waals surface area (Å²) in [6.45, 7) is 1.74. The first-order chi connectivity index (χ1) is 10.1. The third kappa shape index (κ3) is 2.35. The fourth-order valence-corrected chi connectivity index (χ4v) is 2.83. The summed E-state index contributed by atoms with van der Waals surface area (Å²) in [4.78, 5) is 36.2. The number of fused-ring (bicyclic) bond motifs is 1. The minimum absolute atomic E-state index is 0.217. The van der Waals surface area contributed by atoms with E-state index < -0.39 is 0 Å². The Morgan fingerprint density at radius 1 is 1.29 bits per heavy atom. The molecular weight excluding hydrogens is 270 g/mol. The molecule has 0 saturated heterocycles. The highest BCUT2D eigenvalue weighted by Gasteiger charge is 2.36. The van der Waals surface area contributed by atoms with Crippen LogP contribution >= 0.6 is 0 Å². The fraction of sp³-hybridized carbons (Fsp3) is 0.312. The highest BCUT2D eigenvalue weighted by Crippen LogP contribution is 2.38. The smallest absolute Gasteiger partial charge is 0.310 e. The first kappa shape index (κ1) is 13.5. The van der Waals surface area contributed by atoms with Crippen LogP contribution in [0.1, 0.15) is 36.9 Å². The molecule has 0 N–H and O–H groups in total. The molecule has 0 saturated carbocycles. The predicted molar refractivity (Wildman–Crippen MR) is 74.4 cm³/mol. The van der Waals surface area contributed by atoms with Crippen molar-refractivity contribution in [3.8, 4) is 5.75 Å². The van der Waals surface area contributed by atoms with Gasteiger partial charge in [-0.05, 0) is 36.1 Å². The molecular formula is C16H15NO4. The molecule has 1 heterocycles. The van der Waals surface area contributed by atoms with Crippen molar-refractivity contribution in [3.63, 3.8) is 0 Å². The summed E-state index contributed by atoms with van der Waals surface area (Å²) in [6, 6.07) is 5.15. The lowest BCUT2D eigenvalue weighted by Gasteiger charge is -2.22. The molecule has 0 bridgehead atoms. The minimum atomic E-state index is -0.279. The molecule has 1 atom stereocenters. The number of carbonyl (C=O) groups excluding carboxylic acids is 3. The Kier molecular flexibility index (Phi) is 3.33. The van der Waals surface area contributed by atoms with Gasteiger partial charge in [0, 0.05) is 18.6 Å². The fourth-order valence-electron chi connectivity index (χ4n) is 2.83. The molecule has 0 aromatic heterocycles. The summed E-state index contributed by atoms with van der Waals surface area (Å²) in [6.07, 6.45) is 4.39. The van der Waals surface area contributed by atoms with Crippen LogP contribution in [0.5, 0.6) is 5.75 Å². The van der Waals surface area contributed by atoms with E-state index in [-0.39, 0.29) is 23.8 Å². The number of hydrogen-bond donors (Lipinski definition) is 0. The average molecular weight is 285 g/mol. The van der Waals surface area contributed by atoms with E-state index in [0.717, 1.165) is 17.5 Å².